The highest BCUT2D eigenvalue weighted by Crippen LogP contribution is 2.21. The van der Waals surface area contributed by atoms with Crippen molar-refractivity contribution in [1.29, 1.82) is 0 Å². The first-order valence-corrected chi connectivity index (χ1v) is 6.16. The van der Waals surface area contributed by atoms with Crippen LogP contribution in [0.5, 0.6) is 0 Å². The van der Waals surface area contributed by atoms with Crippen molar-refractivity contribution in [1.82, 2.24) is 0 Å². The van der Waals surface area contributed by atoms with Crippen LogP contribution < -0.4 is 5.73 Å². The van der Waals surface area contributed by atoms with E-state index in [0.29, 0.717) is 0 Å². The van der Waals surface area contributed by atoms with Crippen molar-refractivity contribution >= 4 is 0 Å². The smallest absolute Gasteiger partial charge is 0.107 e. The normalized spacial score (nSPS) is 14.6. The van der Waals surface area contributed by atoms with Gasteiger partial charge >= 0.3 is 0 Å². The van der Waals surface area contributed by atoms with Crippen LogP contribution in [0.2, 0.25) is 0 Å². The summed E-state index contributed by atoms with van der Waals surface area (Å²) in [5.41, 5.74) is 7.93. The maximum Gasteiger partial charge on any atom is 0.107 e. The molecular weight excluding hydrogens is 217 g/mol. The predicted octanol–water partition coefficient (Wildman–Crippen LogP) is 3.01. The minimum atomic E-state index is -0.596. The SMILES string of the molecule is CCCCc1ccc([C@@H](OC)[C@H](N)CF)cc1. The van der Waals surface area contributed by atoms with Gasteiger partial charge < -0.3 is 10.5 Å². The van der Waals surface area contributed by atoms with Crippen molar-refractivity contribution in [2.75, 3.05) is 13.8 Å². The van der Waals surface area contributed by atoms with Gasteiger partial charge in [-0.05, 0) is 24.0 Å². The van der Waals surface area contributed by atoms with E-state index in [4.69, 9.17) is 10.5 Å². The molecule has 0 aromatic heterocycles. The average molecular weight is 239 g/mol. The third-order valence-electron chi connectivity index (χ3n) is 2.95. The Morgan fingerprint density at radius 1 is 1.29 bits per heavy atom. The highest BCUT2D eigenvalue weighted by atomic mass is 19.1. The fourth-order valence-electron chi connectivity index (χ4n) is 1.89. The Kier molecular flexibility index (Phi) is 6.16. The molecule has 0 heterocycles. The summed E-state index contributed by atoms with van der Waals surface area (Å²) in [6.45, 7) is 1.60. The number of hydrogen-bond donors (Lipinski definition) is 1. The number of halogens is 1. The number of benzene rings is 1. The summed E-state index contributed by atoms with van der Waals surface area (Å²) in [7, 11) is 1.56. The highest BCUT2D eigenvalue weighted by Gasteiger charge is 2.18. The van der Waals surface area contributed by atoms with Crippen molar-refractivity contribution in [2.24, 2.45) is 5.73 Å². The van der Waals surface area contributed by atoms with E-state index in [1.54, 1.807) is 7.11 Å². The molecule has 0 fully saturated rings. The minimum absolute atomic E-state index is 0.361. The molecule has 0 saturated carbocycles. The van der Waals surface area contributed by atoms with Crippen LogP contribution in [-0.4, -0.2) is 19.8 Å². The van der Waals surface area contributed by atoms with Gasteiger partial charge in [-0.15, -0.1) is 0 Å². The third-order valence-corrected chi connectivity index (χ3v) is 2.95. The van der Waals surface area contributed by atoms with Gasteiger partial charge in [-0.1, -0.05) is 37.6 Å². The van der Waals surface area contributed by atoms with E-state index in [1.165, 1.54) is 18.4 Å². The molecule has 3 heteroatoms. The summed E-state index contributed by atoms with van der Waals surface area (Å²) in [6.07, 6.45) is 3.11. The molecule has 1 rings (SSSR count). The maximum atomic E-state index is 12.6. The van der Waals surface area contributed by atoms with E-state index < -0.39 is 12.7 Å². The molecule has 0 unspecified atom stereocenters. The Morgan fingerprint density at radius 3 is 2.41 bits per heavy atom. The molecule has 0 aliphatic heterocycles. The molecule has 17 heavy (non-hydrogen) atoms. The first-order valence-electron chi connectivity index (χ1n) is 6.16. The lowest BCUT2D eigenvalue weighted by atomic mass is 10.0. The van der Waals surface area contributed by atoms with Crippen LogP contribution in [0, 0.1) is 0 Å². The summed E-state index contributed by atoms with van der Waals surface area (Å²) in [6, 6.07) is 7.51. The van der Waals surface area contributed by atoms with Gasteiger partial charge in [0.15, 0.2) is 0 Å². The van der Waals surface area contributed by atoms with Gasteiger partial charge in [0, 0.05) is 7.11 Å². The molecule has 96 valence electrons. The van der Waals surface area contributed by atoms with Crippen molar-refractivity contribution in [3.05, 3.63) is 35.4 Å². The van der Waals surface area contributed by atoms with Gasteiger partial charge in [0.25, 0.3) is 0 Å². The monoisotopic (exact) mass is 239 g/mol. The summed E-state index contributed by atoms with van der Waals surface area (Å²) in [5, 5.41) is 0. The third kappa shape index (κ3) is 4.10. The lowest BCUT2D eigenvalue weighted by molar-refractivity contribution is 0.0720. The lowest BCUT2D eigenvalue weighted by Crippen LogP contribution is -2.31. The molecule has 0 amide bonds. The van der Waals surface area contributed by atoms with Gasteiger partial charge in [-0.25, -0.2) is 4.39 Å². The second-order valence-corrected chi connectivity index (χ2v) is 4.32. The van der Waals surface area contributed by atoms with Crippen LogP contribution in [0.15, 0.2) is 24.3 Å². The average Bonchev–Trinajstić information content (AvgIpc) is 2.38. The van der Waals surface area contributed by atoms with E-state index in [2.05, 4.69) is 19.1 Å². The second-order valence-electron chi connectivity index (χ2n) is 4.32. The van der Waals surface area contributed by atoms with E-state index in [-0.39, 0.29) is 6.10 Å². The number of nitrogens with two attached hydrogens (primary N) is 1. The Labute approximate surface area is 103 Å². The predicted molar refractivity (Wildman–Crippen MR) is 68.8 cm³/mol. The first-order chi connectivity index (χ1) is 8.22. The molecule has 0 aliphatic rings. The Morgan fingerprint density at radius 2 is 1.94 bits per heavy atom. The Hall–Kier alpha value is -0.930. The quantitative estimate of drug-likeness (QED) is 0.793. The molecule has 2 N–H and O–H groups in total. The van der Waals surface area contributed by atoms with Crippen LogP contribution in [0.3, 0.4) is 0 Å². The maximum absolute atomic E-state index is 12.6. The van der Waals surface area contributed by atoms with Crippen LogP contribution in [0.25, 0.3) is 0 Å². The first kappa shape index (κ1) is 14.1. The molecule has 2 atom stereocenters. The molecule has 2 nitrogen and oxygen atoms in total. The molecule has 1 aromatic rings. The van der Waals surface area contributed by atoms with Gasteiger partial charge in [-0.2, -0.15) is 0 Å². The molecular formula is C14H22FNO. The second kappa shape index (κ2) is 7.41. The number of ether oxygens (including phenoxy) is 1. The van der Waals surface area contributed by atoms with E-state index >= 15 is 0 Å². The molecule has 0 bridgehead atoms. The molecule has 0 saturated heterocycles. The lowest BCUT2D eigenvalue weighted by Gasteiger charge is -2.20. The van der Waals surface area contributed by atoms with Crippen molar-refractivity contribution in [3.8, 4) is 0 Å². The zero-order valence-electron chi connectivity index (χ0n) is 10.7. The fourth-order valence-corrected chi connectivity index (χ4v) is 1.89. The molecule has 1 aromatic carbocycles. The number of unbranched alkanes of at least 4 members (excludes halogenated alkanes) is 1. The van der Waals surface area contributed by atoms with Crippen molar-refractivity contribution in [2.45, 2.75) is 38.3 Å². The number of hydrogen-bond acceptors (Lipinski definition) is 2. The Balaban J connectivity index is 2.71. The molecule has 0 radical (unpaired) electrons. The standard InChI is InChI=1S/C14H22FNO/c1-3-4-5-11-6-8-12(9-7-11)14(17-2)13(16)10-15/h6-9,13-14H,3-5,10,16H2,1-2H3/t13-,14-/m1/s1. The van der Waals surface area contributed by atoms with Gasteiger partial charge in [0.2, 0.25) is 0 Å². The van der Waals surface area contributed by atoms with Crippen LogP contribution in [-0.2, 0) is 11.2 Å². The topological polar surface area (TPSA) is 35.2 Å². The zero-order chi connectivity index (χ0) is 12.7. The van der Waals surface area contributed by atoms with Gasteiger partial charge in [0.1, 0.15) is 6.67 Å². The molecule has 0 aliphatic carbocycles. The Bertz CT molecular complexity index is 313. The number of methoxy groups -OCH3 is 1. The highest BCUT2D eigenvalue weighted by molar-refractivity contribution is 5.25. The van der Waals surface area contributed by atoms with E-state index in [9.17, 15) is 4.39 Å². The molecule has 0 spiro atoms. The largest absolute Gasteiger partial charge is 0.375 e. The van der Waals surface area contributed by atoms with E-state index in [0.717, 1.165) is 12.0 Å². The summed E-state index contributed by atoms with van der Waals surface area (Å²) >= 11 is 0. The summed E-state index contributed by atoms with van der Waals surface area (Å²) in [5.74, 6) is 0. The fraction of sp³-hybridized carbons (Fsp3) is 0.571. The zero-order valence-corrected chi connectivity index (χ0v) is 10.7. The van der Waals surface area contributed by atoms with E-state index in [1.807, 2.05) is 12.1 Å². The number of aryl methyl sites for hydroxylation is 1. The van der Waals surface area contributed by atoms with Crippen LogP contribution >= 0.6 is 0 Å². The number of rotatable bonds is 7. The minimum Gasteiger partial charge on any atom is -0.375 e. The van der Waals surface area contributed by atoms with Crippen LogP contribution in [0.1, 0.15) is 37.0 Å². The van der Waals surface area contributed by atoms with Crippen molar-refractivity contribution < 1.29 is 9.13 Å². The van der Waals surface area contributed by atoms with Crippen molar-refractivity contribution in [3.63, 3.8) is 0 Å². The summed E-state index contributed by atoms with van der Waals surface area (Å²) in [4.78, 5) is 0. The number of alkyl halides is 1. The summed E-state index contributed by atoms with van der Waals surface area (Å²) < 4.78 is 17.8. The van der Waals surface area contributed by atoms with Gasteiger partial charge in [0.05, 0.1) is 12.1 Å². The van der Waals surface area contributed by atoms with Gasteiger partial charge in [-0.3, -0.25) is 0 Å². The van der Waals surface area contributed by atoms with Crippen LogP contribution in [0.4, 0.5) is 4.39 Å².